The van der Waals surface area contributed by atoms with Crippen LogP contribution in [-0.4, -0.2) is 9.38 Å². The lowest BCUT2D eigenvalue weighted by molar-refractivity contribution is 0.960. The number of aryl methyl sites for hydroxylation is 2. The second-order valence-electron chi connectivity index (χ2n) is 3.37. The molecule has 72 valence electrons. The molecule has 0 radical (unpaired) electrons. The lowest BCUT2D eigenvalue weighted by Crippen LogP contribution is -2.15. The van der Waals surface area contributed by atoms with Gasteiger partial charge in [0.2, 0.25) is 0 Å². The molecule has 2 aromatic heterocycles. The maximum Gasteiger partial charge on any atom is 0.258 e. The number of rotatable bonds is 1. The molecule has 0 bridgehead atoms. The first kappa shape index (κ1) is 8.94. The van der Waals surface area contributed by atoms with E-state index in [-0.39, 0.29) is 5.56 Å². The zero-order chi connectivity index (χ0) is 10.1. The topological polar surface area (TPSA) is 34.4 Å². The van der Waals surface area contributed by atoms with Gasteiger partial charge in [0.25, 0.3) is 5.56 Å². The van der Waals surface area contributed by atoms with Gasteiger partial charge < -0.3 is 0 Å². The van der Waals surface area contributed by atoms with E-state index in [2.05, 4.69) is 4.98 Å². The zero-order valence-corrected chi connectivity index (χ0v) is 8.32. The zero-order valence-electron chi connectivity index (χ0n) is 8.32. The van der Waals surface area contributed by atoms with Gasteiger partial charge in [-0.25, -0.2) is 4.98 Å². The molecule has 3 heteroatoms. The lowest BCUT2D eigenvalue weighted by atomic mass is 10.3. The van der Waals surface area contributed by atoms with Crippen LogP contribution in [0.15, 0.2) is 29.2 Å². The summed E-state index contributed by atoms with van der Waals surface area (Å²) in [6.45, 7) is 3.95. The van der Waals surface area contributed by atoms with Crippen molar-refractivity contribution in [3.8, 4) is 0 Å². The van der Waals surface area contributed by atoms with Crippen molar-refractivity contribution >= 4 is 5.65 Å². The Morgan fingerprint density at radius 2 is 2.21 bits per heavy atom. The lowest BCUT2D eigenvalue weighted by Gasteiger charge is -2.02. The predicted molar refractivity (Wildman–Crippen MR) is 55.6 cm³/mol. The van der Waals surface area contributed by atoms with Crippen LogP contribution in [0.25, 0.3) is 5.65 Å². The Bertz CT molecular complexity index is 528. The number of hydrogen-bond acceptors (Lipinski definition) is 2. The van der Waals surface area contributed by atoms with Gasteiger partial charge in [-0.05, 0) is 25.0 Å². The van der Waals surface area contributed by atoms with Gasteiger partial charge >= 0.3 is 0 Å². The highest BCUT2D eigenvalue weighted by molar-refractivity contribution is 5.39. The van der Waals surface area contributed by atoms with E-state index >= 15 is 0 Å². The van der Waals surface area contributed by atoms with Crippen molar-refractivity contribution in [2.24, 2.45) is 0 Å². The molecule has 2 heterocycles. The minimum absolute atomic E-state index is 0.00412. The van der Waals surface area contributed by atoms with Crippen LogP contribution in [0, 0.1) is 6.92 Å². The van der Waals surface area contributed by atoms with Crippen molar-refractivity contribution in [2.45, 2.75) is 20.3 Å². The first-order valence-electron chi connectivity index (χ1n) is 4.69. The molecule has 0 N–H and O–H groups in total. The summed E-state index contributed by atoms with van der Waals surface area (Å²) in [5.41, 5.74) is 2.63. The third-order valence-corrected chi connectivity index (χ3v) is 2.22. The quantitative estimate of drug-likeness (QED) is 0.680. The minimum atomic E-state index is -0.00412. The van der Waals surface area contributed by atoms with Gasteiger partial charge in [-0.1, -0.05) is 13.0 Å². The number of aromatic nitrogens is 2. The van der Waals surface area contributed by atoms with E-state index in [1.165, 1.54) is 0 Å². The molecular weight excluding hydrogens is 176 g/mol. The normalized spacial score (nSPS) is 10.7. The van der Waals surface area contributed by atoms with E-state index in [9.17, 15) is 4.79 Å². The van der Waals surface area contributed by atoms with Gasteiger partial charge in [-0.2, -0.15) is 0 Å². The molecule has 0 amide bonds. The number of pyridine rings is 1. The summed E-state index contributed by atoms with van der Waals surface area (Å²) in [6.07, 6.45) is 2.60. The van der Waals surface area contributed by atoms with Gasteiger partial charge in [0.05, 0.1) is 0 Å². The average Bonchev–Trinajstić information content (AvgIpc) is 2.19. The highest BCUT2D eigenvalue weighted by Gasteiger charge is 1.99. The monoisotopic (exact) mass is 188 g/mol. The Kier molecular flexibility index (Phi) is 2.08. The summed E-state index contributed by atoms with van der Waals surface area (Å²) < 4.78 is 1.58. The fourth-order valence-corrected chi connectivity index (χ4v) is 1.44. The molecule has 0 spiro atoms. The van der Waals surface area contributed by atoms with Crippen LogP contribution in [0.2, 0.25) is 0 Å². The molecule has 14 heavy (non-hydrogen) atoms. The average molecular weight is 188 g/mol. The van der Waals surface area contributed by atoms with E-state index in [0.29, 0.717) is 0 Å². The molecule has 0 saturated heterocycles. The SMILES string of the molecule is CCc1cc(=O)n2cc(C)ccc2n1. The van der Waals surface area contributed by atoms with E-state index in [0.717, 1.165) is 23.3 Å². The molecule has 2 rings (SSSR count). The third-order valence-electron chi connectivity index (χ3n) is 2.22. The van der Waals surface area contributed by atoms with Crippen molar-refractivity contribution in [3.05, 3.63) is 46.0 Å². The summed E-state index contributed by atoms with van der Waals surface area (Å²) in [5.74, 6) is 0. The van der Waals surface area contributed by atoms with E-state index in [1.54, 1.807) is 10.5 Å². The van der Waals surface area contributed by atoms with Crippen molar-refractivity contribution < 1.29 is 0 Å². The van der Waals surface area contributed by atoms with Crippen molar-refractivity contribution in [2.75, 3.05) is 0 Å². The molecule has 0 aliphatic heterocycles. The first-order chi connectivity index (χ1) is 6.70. The Morgan fingerprint density at radius 1 is 1.43 bits per heavy atom. The molecule has 0 saturated carbocycles. The Labute approximate surface area is 82.0 Å². The molecule has 0 aliphatic rings. The maximum absolute atomic E-state index is 11.6. The minimum Gasteiger partial charge on any atom is -0.269 e. The molecule has 0 aromatic carbocycles. The van der Waals surface area contributed by atoms with Crippen LogP contribution < -0.4 is 5.56 Å². The van der Waals surface area contributed by atoms with Gasteiger partial charge in [-0.3, -0.25) is 9.20 Å². The smallest absolute Gasteiger partial charge is 0.258 e. The predicted octanol–water partition coefficient (Wildman–Crippen LogP) is 1.57. The van der Waals surface area contributed by atoms with E-state index < -0.39 is 0 Å². The van der Waals surface area contributed by atoms with Crippen LogP contribution in [-0.2, 0) is 6.42 Å². The van der Waals surface area contributed by atoms with Crippen LogP contribution in [0.1, 0.15) is 18.2 Å². The van der Waals surface area contributed by atoms with Gasteiger partial charge in [0.1, 0.15) is 5.65 Å². The van der Waals surface area contributed by atoms with Crippen LogP contribution >= 0.6 is 0 Å². The van der Waals surface area contributed by atoms with Crippen molar-refractivity contribution in [1.29, 1.82) is 0 Å². The van der Waals surface area contributed by atoms with Crippen LogP contribution in [0.4, 0.5) is 0 Å². The Balaban J connectivity index is 2.83. The summed E-state index contributed by atoms with van der Waals surface area (Å²) >= 11 is 0. The van der Waals surface area contributed by atoms with E-state index in [1.807, 2.05) is 32.2 Å². The van der Waals surface area contributed by atoms with E-state index in [4.69, 9.17) is 0 Å². The third kappa shape index (κ3) is 1.41. The molecule has 0 aliphatic carbocycles. The number of hydrogen-bond donors (Lipinski definition) is 0. The molecule has 0 unspecified atom stereocenters. The fraction of sp³-hybridized carbons (Fsp3) is 0.273. The summed E-state index contributed by atoms with van der Waals surface area (Å²) in [4.78, 5) is 16.0. The van der Waals surface area contributed by atoms with Gasteiger partial charge in [-0.15, -0.1) is 0 Å². The maximum atomic E-state index is 11.6. The summed E-state index contributed by atoms with van der Waals surface area (Å²) in [6, 6.07) is 5.42. The molecule has 3 nitrogen and oxygen atoms in total. The molecule has 0 atom stereocenters. The largest absolute Gasteiger partial charge is 0.269 e. The summed E-state index contributed by atoms with van der Waals surface area (Å²) in [7, 11) is 0. The second-order valence-corrected chi connectivity index (χ2v) is 3.37. The van der Waals surface area contributed by atoms with Gasteiger partial charge in [0.15, 0.2) is 0 Å². The number of nitrogens with zero attached hydrogens (tertiary/aromatic N) is 2. The molecule has 0 fully saturated rings. The standard InChI is InChI=1S/C11H12N2O/c1-3-9-6-11(14)13-7-8(2)4-5-10(13)12-9/h4-7H,3H2,1-2H3. The highest BCUT2D eigenvalue weighted by atomic mass is 16.1. The number of fused-ring (bicyclic) bond motifs is 1. The fourth-order valence-electron chi connectivity index (χ4n) is 1.44. The van der Waals surface area contributed by atoms with Crippen LogP contribution in [0.5, 0.6) is 0 Å². The molecular formula is C11H12N2O. The Morgan fingerprint density at radius 3 is 2.93 bits per heavy atom. The Hall–Kier alpha value is -1.64. The highest BCUT2D eigenvalue weighted by Crippen LogP contribution is 2.02. The van der Waals surface area contributed by atoms with Gasteiger partial charge in [0, 0.05) is 18.0 Å². The first-order valence-corrected chi connectivity index (χ1v) is 4.69. The van der Waals surface area contributed by atoms with Crippen molar-refractivity contribution in [1.82, 2.24) is 9.38 Å². The van der Waals surface area contributed by atoms with Crippen LogP contribution in [0.3, 0.4) is 0 Å². The molecule has 2 aromatic rings. The summed E-state index contributed by atoms with van der Waals surface area (Å²) in [5, 5.41) is 0. The van der Waals surface area contributed by atoms with Crippen molar-refractivity contribution in [3.63, 3.8) is 0 Å². The second kappa shape index (κ2) is 3.25.